The summed E-state index contributed by atoms with van der Waals surface area (Å²) in [6.45, 7) is 1.37. The number of nitrogens with two attached hydrogens (primary N) is 1. The molecule has 3 rings (SSSR count). The van der Waals surface area contributed by atoms with Crippen molar-refractivity contribution in [3.05, 3.63) is 95.6 Å². The number of hydrogen-bond acceptors (Lipinski definition) is 10. The Labute approximate surface area is 298 Å². The second-order valence-electron chi connectivity index (χ2n) is 11.4. The highest BCUT2D eigenvalue weighted by atomic mass is 16.4. The van der Waals surface area contributed by atoms with E-state index in [1.54, 1.807) is 30.3 Å². The molecule has 11 N–H and O–H groups in total. The van der Waals surface area contributed by atoms with Crippen LogP contribution in [-0.4, -0.2) is 85.8 Å². The van der Waals surface area contributed by atoms with Gasteiger partial charge in [-0.2, -0.15) is 0 Å². The van der Waals surface area contributed by atoms with Crippen LogP contribution in [0.1, 0.15) is 36.5 Å². The van der Waals surface area contributed by atoms with Crippen LogP contribution in [0.25, 0.3) is 12.2 Å². The number of guanidine groups is 1. The molecule has 0 bridgehead atoms. The summed E-state index contributed by atoms with van der Waals surface area (Å²) in [5, 5.41) is 57.6. The lowest BCUT2D eigenvalue weighted by molar-refractivity contribution is -0.142. The van der Waals surface area contributed by atoms with Crippen LogP contribution in [0, 0.1) is 0 Å². The number of hydrogen-bond donors (Lipinski definition) is 10. The molecule has 0 aliphatic carbocycles. The van der Waals surface area contributed by atoms with Crippen LogP contribution in [-0.2, 0) is 30.4 Å². The highest BCUT2D eigenvalue weighted by molar-refractivity contribution is 6.03. The Hall–Kier alpha value is -6.84. The smallest absolute Gasteiger partial charge is 0.326 e. The standard InChI is InChI=1S/C36H40N6O10/c1-21(33(49)41-26(35(51)52)18-22-6-3-2-4-7-22)39-34(50)25(40-31(47)15-11-23-9-13-27(43)29(45)19-23)8-5-17-38-36(37)42-32(48)16-12-24-10-14-28(44)30(46)20-24/h2-4,6-7,9-16,19-21,25-26,43-46H,5,8,17-18H2,1H3,(H,39,50)(H,40,47)(H,41,49)(H,51,52)(H3,37,38,42,48)/b15-11+,16-12+. The van der Waals surface area contributed by atoms with Gasteiger partial charge in [-0.05, 0) is 72.9 Å². The number of nitrogens with zero attached hydrogens (tertiary/aromatic N) is 1. The monoisotopic (exact) mass is 716 g/mol. The number of carboxylic acid groups (broad SMARTS) is 1. The van der Waals surface area contributed by atoms with E-state index in [1.165, 1.54) is 55.5 Å². The van der Waals surface area contributed by atoms with E-state index < -0.39 is 53.5 Å². The van der Waals surface area contributed by atoms with E-state index >= 15 is 0 Å². The van der Waals surface area contributed by atoms with Crippen molar-refractivity contribution in [3.8, 4) is 23.0 Å². The van der Waals surface area contributed by atoms with E-state index in [0.29, 0.717) is 16.7 Å². The highest BCUT2D eigenvalue weighted by Crippen LogP contribution is 2.26. The fraction of sp³-hybridized carbons (Fsp3) is 0.222. The van der Waals surface area contributed by atoms with Crippen LogP contribution in [0.5, 0.6) is 23.0 Å². The summed E-state index contributed by atoms with van der Waals surface area (Å²) in [6.07, 6.45) is 5.13. The normalized spacial score (nSPS) is 13.2. The molecular weight excluding hydrogens is 676 g/mol. The first kappa shape index (κ1) is 39.6. The average Bonchev–Trinajstić information content (AvgIpc) is 3.10. The summed E-state index contributed by atoms with van der Waals surface area (Å²) < 4.78 is 0. The van der Waals surface area contributed by atoms with E-state index in [4.69, 9.17) is 5.73 Å². The van der Waals surface area contributed by atoms with Crippen molar-refractivity contribution in [3.63, 3.8) is 0 Å². The molecule has 0 spiro atoms. The lowest BCUT2D eigenvalue weighted by atomic mass is 10.1. The molecule has 16 nitrogen and oxygen atoms in total. The Morgan fingerprint density at radius 3 is 1.87 bits per heavy atom. The second-order valence-corrected chi connectivity index (χ2v) is 11.4. The first-order chi connectivity index (χ1) is 24.7. The molecule has 3 aromatic rings. The van der Waals surface area contributed by atoms with Gasteiger partial charge in [0.2, 0.25) is 17.7 Å². The summed E-state index contributed by atoms with van der Waals surface area (Å²) in [6, 6.07) is 12.9. The summed E-state index contributed by atoms with van der Waals surface area (Å²) in [4.78, 5) is 67.1. The lowest BCUT2D eigenvalue weighted by Gasteiger charge is -2.22. The number of phenols is 4. The van der Waals surface area contributed by atoms with Gasteiger partial charge >= 0.3 is 5.97 Å². The number of aromatic hydroxyl groups is 4. The fourth-order valence-corrected chi connectivity index (χ4v) is 4.55. The van der Waals surface area contributed by atoms with Crippen molar-refractivity contribution < 1.29 is 49.5 Å². The first-order valence-corrected chi connectivity index (χ1v) is 15.9. The predicted molar refractivity (Wildman–Crippen MR) is 191 cm³/mol. The number of carbonyl (C=O) groups is 5. The number of carbonyl (C=O) groups excluding carboxylic acids is 4. The molecule has 0 aliphatic heterocycles. The third-order valence-electron chi connectivity index (χ3n) is 7.32. The zero-order valence-electron chi connectivity index (χ0n) is 28.0. The molecule has 0 saturated carbocycles. The molecule has 3 unspecified atom stereocenters. The molecule has 3 atom stereocenters. The minimum Gasteiger partial charge on any atom is -0.504 e. The lowest BCUT2D eigenvalue weighted by Crippen LogP contribution is -2.55. The fourth-order valence-electron chi connectivity index (χ4n) is 4.55. The maximum atomic E-state index is 13.3. The Morgan fingerprint density at radius 2 is 1.31 bits per heavy atom. The number of aliphatic carboxylic acids is 1. The van der Waals surface area contributed by atoms with Crippen LogP contribution >= 0.6 is 0 Å². The van der Waals surface area contributed by atoms with E-state index in [0.717, 1.165) is 12.2 Å². The van der Waals surface area contributed by atoms with Gasteiger partial charge in [0.1, 0.15) is 18.1 Å². The van der Waals surface area contributed by atoms with E-state index in [2.05, 4.69) is 26.3 Å². The zero-order valence-corrected chi connectivity index (χ0v) is 28.0. The van der Waals surface area contributed by atoms with Gasteiger partial charge < -0.3 is 47.2 Å². The van der Waals surface area contributed by atoms with Gasteiger partial charge in [0.05, 0.1) is 0 Å². The van der Waals surface area contributed by atoms with Gasteiger partial charge in [-0.3, -0.25) is 29.5 Å². The largest absolute Gasteiger partial charge is 0.504 e. The third-order valence-corrected chi connectivity index (χ3v) is 7.32. The summed E-state index contributed by atoms with van der Waals surface area (Å²) >= 11 is 0. The van der Waals surface area contributed by atoms with Gasteiger partial charge in [0.25, 0.3) is 5.91 Å². The van der Waals surface area contributed by atoms with Gasteiger partial charge in [-0.1, -0.05) is 42.5 Å². The van der Waals surface area contributed by atoms with Gasteiger partial charge in [0.15, 0.2) is 29.0 Å². The van der Waals surface area contributed by atoms with Crippen LogP contribution in [0.15, 0.2) is 83.9 Å². The van der Waals surface area contributed by atoms with Gasteiger partial charge in [0, 0.05) is 25.1 Å². The third kappa shape index (κ3) is 13.2. The van der Waals surface area contributed by atoms with Crippen molar-refractivity contribution in [2.24, 2.45) is 10.7 Å². The van der Waals surface area contributed by atoms with E-state index in [1.807, 2.05) is 0 Å². The number of amides is 4. The molecule has 0 radical (unpaired) electrons. The predicted octanol–water partition coefficient (Wildman–Crippen LogP) is 1.25. The minimum atomic E-state index is -1.27. The van der Waals surface area contributed by atoms with E-state index in [-0.39, 0.29) is 49.0 Å². The Morgan fingerprint density at radius 1 is 0.731 bits per heavy atom. The molecule has 274 valence electrons. The average molecular weight is 717 g/mol. The Kier molecular flexibility index (Phi) is 14.8. The zero-order chi connectivity index (χ0) is 38.2. The number of phenolic OH excluding ortho intramolecular Hbond substituents is 4. The summed E-state index contributed by atoms with van der Waals surface area (Å²) in [5.41, 5.74) is 7.29. The van der Waals surface area contributed by atoms with Crippen molar-refractivity contribution in [1.29, 1.82) is 0 Å². The maximum absolute atomic E-state index is 13.3. The molecule has 0 saturated heterocycles. The number of carboxylic acids is 1. The molecule has 4 amide bonds. The SMILES string of the molecule is CC(NC(=O)C(CCCN=C(N)NC(=O)/C=C/c1ccc(O)c(O)c1)NC(=O)/C=C/c1ccc(O)c(O)c1)C(=O)NC(Cc1ccccc1)C(=O)O. The first-order valence-electron chi connectivity index (χ1n) is 15.9. The maximum Gasteiger partial charge on any atom is 0.326 e. The molecule has 0 aliphatic rings. The molecule has 0 heterocycles. The van der Waals surface area contributed by atoms with Crippen LogP contribution < -0.4 is 27.0 Å². The molecular formula is C36H40N6O10. The number of nitrogens with one attached hydrogen (secondary N) is 4. The van der Waals surface area contributed by atoms with Crippen molar-refractivity contribution in [2.45, 2.75) is 44.3 Å². The molecule has 0 aromatic heterocycles. The topological polar surface area (TPSA) is 273 Å². The van der Waals surface area contributed by atoms with Gasteiger partial charge in [-0.15, -0.1) is 0 Å². The van der Waals surface area contributed by atoms with Crippen LogP contribution in [0.4, 0.5) is 0 Å². The Bertz CT molecular complexity index is 1840. The molecule has 52 heavy (non-hydrogen) atoms. The Balaban J connectivity index is 1.63. The number of aliphatic imine (C=N–C) groups is 1. The van der Waals surface area contributed by atoms with E-state index in [9.17, 15) is 49.5 Å². The van der Waals surface area contributed by atoms with Crippen molar-refractivity contribution in [2.75, 3.05) is 6.54 Å². The highest BCUT2D eigenvalue weighted by Gasteiger charge is 2.27. The molecule has 3 aromatic carbocycles. The van der Waals surface area contributed by atoms with Crippen molar-refractivity contribution in [1.82, 2.24) is 21.3 Å². The number of benzene rings is 3. The second kappa shape index (κ2) is 19.4. The summed E-state index contributed by atoms with van der Waals surface area (Å²) in [7, 11) is 0. The minimum absolute atomic E-state index is 0.000479. The number of rotatable bonds is 16. The van der Waals surface area contributed by atoms with Crippen LogP contribution in [0.2, 0.25) is 0 Å². The quantitative estimate of drug-likeness (QED) is 0.0331. The molecule has 16 heteroatoms. The van der Waals surface area contributed by atoms with Gasteiger partial charge in [-0.25, -0.2) is 4.79 Å². The summed E-state index contributed by atoms with van der Waals surface area (Å²) in [5.74, 6) is -5.77. The van der Waals surface area contributed by atoms with Crippen LogP contribution in [0.3, 0.4) is 0 Å². The molecule has 0 fully saturated rings. The van der Waals surface area contributed by atoms with Crippen molar-refractivity contribution >= 4 is 47.7 Å².